The molecular formula is C15H16F3NO. The second-order valence-electron chi connectivity index (χ2n) is 4.63. The van der Waals surface area contributed by atoms with Crippen LogP contribution in [0.1, 0.15) is 32.1 Å². The van der Waals surface area contributed by atoms with E-state index in [9.17, 15) is 13.2 Å². The first-order valence-corrected chi connectivity index (χ1v) is 6.51. The van der Waals surface area contributed by atoms with Gasteiger partial charge in [0, 0.05) is 5.56 Å². The maximum atomic E-state index is 13.2. The van der Waals surface area contributed by atoms with Gasteiger partial charge in [0.25, 0.3) is 0 Å². The predicted octanol–water partition coefficient (Wildman–Crippen LogP) is 4.42. The average molecular weight is 283 g/mol. The summed E-state index contributed by atoms with van der Waals surface area (Å²) in [5.74, 6) is -2.95. The number of hydrogen-bond acceptors (Lipinski definition) is 2. The van der Waals surface area contributed by atoms with Crippen LogP contribution in [0.2, 0.25) is 0 Å². The molecule has 0 saturated carbocycles. The van der Waals surface area contributed by atoms with Crippen LogP contribution in [0.5, 0.6) is 0 Å². The van der Waals surface area contributed by atoms with Crippen LogP contribution >= 0.6 is 0 Å². The van der Waals surface area contributed by atoms with E-state index in [0.29, 0.717) is 11.5 Å². The fourth-order valence-corrected chi connectivity index (χ4v) is 1.90. The molecular weight excluding hydrogens is 267 g/mol. The molecule has 5 heteroatoms. The predicted molar refractivity (Wildman–Crippen MR) is 70.7 cm³/mol. The zero-order chi connectivity index (χ0) is 14.7. The lowest BCUT2D eigenvalue weighted by Gasteiger charge is -2.09. The fourth-order valence-electron chi connectivity index (χ4n) is 1.90. The van der Waals surface area contributed by atoms with Gasteiger partial charge in [0.1, 0.15) is 11.5 Å². The number of nitrogens with one attached hydrogen (secondary N) is 1. The summed E-state index contributed by atoms with van der Waals surface area (Å²) in [4.78, 5) is 0. The summed E-state index contributed by atoms with van der Waals surface area (Å²) in [5, 5.41) is 3.24. The molecule has 0 radical (unpaired) electrons. The highest BCUT2D eigenvalue weighted by Gasteiger charge is 2.15. The number of hydrogen-bond donors (Lipinski definition) is 1. The summed E-state index contributed by atoms with van der Waals surface area (Å²) >= 11 is 0. The highest BCUT2D eigenvalue weighted by atomic mass is 19.2. The quantitative estimate of drug-likeness (QED) is 0.821. The Bertz CT molecular complexity index is 572. The highest BCUT2D eigenvalue weighted by molar-refractivity contribution is 5.58. The molecule has 0 fully saturated rings. The van der Waals surface area contributed by atoms with Crippen molar-refractivity contribution >= 4 is 0 Å². The van der Waals surface area contributed by atoms with Crippen LogP contribution in [0.25, 0.3) is 11.3 Å². The summed E-state index contributed by atoms with van der Waals surface area (Å²) in [6.45, 7) is 4.83. The minimum Gasteiger partial charge on any atom is -0.459 e. The van der Waals surface area contributed by atoms with Gasteiger partial charge in [-0.1, -0.05) is 6.92 Å². The molecule has 20 heavy (non-hydrogen) atoms. The number of halogens is 3. The van der Waals surface area contributed by atoms with Crippen LogP contribution in [0.15, 0.2) is 28.7 Å². The van der Waals surface area contributed by atoms with Crippen LogP contribution in [-0.4, -0.2) is 6.54 Å². The zero-order valence-corrected chi connectivity index (χ0v) is 11.3. The molecule has 2 rings (SSSR count). The second-order valence-corrected chi connectivity index (χ2v) is 4.63. The molecule has 0 aliphatic carbocycles. The Morgan fingerprint density at radius 3 is 2.40 bits per heavy atom. The Morgan fingerprint density at radius 1 is 1.15 bits per heavy atom. The first-order chi connectivity index (χ1) is 9.52. The molecule has 108 valence electrons. The maximum absolute atomic E-state index is 13.2. The van der Waals surface area contributed by atoms with E-state index in [-0.39, 0.29) is 11.6 Å². The molecule has 2 nitrogen and oxygen atoms in total. The van der Waals surface area contributed by atoms with Gasteiger partial charge in [-0.15, -0.1) is 0 Å². The summed E-state index contributed by atoms with van der Waals surface area (Å²) in [6, 6.07) is 5.20. The largest absolute Gasteiger partial charge is 0.459 e. The lowest BCUT2D eigenvalue weighted by molar-refractivity contribution is 0.434. The Labute approximate surface area is 115 Å². The van der Waals surface area contributed by atoms with Gasteiger partial charge < -0.3 is 9.73 Å². The summed E-state index contributed by atoms with van der Waals surface area (Å²) in [7, 11) is 0. The average Bonchev–Trinajstić information content (AvgIpc) is 2.91. The molecule has 1 aromatic carbocycles. The molecule has 2 aromatic rings. The van der Waals surface area contributed by atoms with E-state index in [1.165, 1.54) is 0 Å². The molecule has 0 saturated heterocycles. The number of benzene rings is 1. The first kappa shape index (κ1) is 14.7. The minimum absolute atomic E-state index is 0.00107. The van der Waals surface area contributed by atoms with Gasteiger partial charge in [-0.2, -0.15) is 0 Å². The van der Waals surface area contributed by atoms with Crippen molar-refractivity contribution in [3.05, 3.63) is 47.5 Å². The van der Waals surface area contributed by atoms with E-state index >= 15 is 0 Å². The third-order valence-electron chi connectivity index (χ3n) is 3.02. The van der Waals surface area contributed by atoms with Crippen LogP contribution < -0.4 is 5.32 Å². The smallest absolute Gasteiger partial charge is 0.194 e. The van der Waals surface area contributed by atoms with Gasteiger partial charge in [0.05, 0.1) is 6.04 Å². The van der Waals surface area contributed by atoms with Crippen LogP contribution in [-0.2, 0) is 0 Å². The van der Waals surface area contributed by atoms with Crippen LogP contribution in [0.4, 0.5) is 13.2 Å². The van der Waals surface area contributed by atoms with Crippen molar-refractivity contribution in [2.24, 2.45) is 0 Å². The Balaban J connectivity index is 2.24. The number of furan rings is 1. The minimum atomic E-state index is -1.47. The zero-order valence-electron chi connectivity index (χ0n) is 11.3. The van der Waals surface area contributed by atoms with E-state index in [2.05, 4.69) is 12.2 Å². The Morgan fingerprint density at radius 2 is 1.80 bits per heavy atom. The second kappa shape index (κ2) is 6.13. The molecule has 1 unspecified atom stereocenters. The maximum Gasteiger partial charge on any atom is 0.194 e. The fraction of sp³-hybridized carbons (Fsp3) is 0.333. The third kappa shape index (κ3) is 3.04. The van der Waals surface area contributed by atoms with Crippen molar-refractivity contribution in [3.63, 3.8) is 0 Å². The first-order valence-electron chi connectivity index (χ1n) is 6.51. The molecule has 0 aliphatic heterocycles. The van der Waals surface area contributed by atoms with Gasteiger partial charge in [0.15, 0.2) is 17.5 Å². The molecule has 1 aromatic heterocycles. The molecule has 1 N–H and O–H groups in total. The van der Waals surface area contributed by atoms with Crippen LogP contribution in [0.3, 0.4) is 0 Å². The number of rotatable bonds is 5. The van der Waals surface area contributed by atoms with Crippen molar-refractivity contribution in [1.29, 1.82) is 0 Å². The van der Waals surface area contributed by atoms with Crippen molar-refractivity contribution in [3.8, 4) is 11.3 Å². The van der Waals surface area contributed by atoms with E-state index in [0.717, 1.165) is 25.1 Å². The summed E-state index contributed by atoms with van der Waals surface area (Å²) in [6.07, 6.45) is 0.992. The van der Waals surface area contributed by atoms with E-state index in [1.807, 2.05) is 6.92 Å². The van der Waals surface area contributed by atoms with Gasteiger partial charge in [-0.05, 0) is 44.2 Å². The van der Waals surface area contributed by atoms with Gasteiger partial charge in [0.2, 0.25) is 0 Å². The molecule has 0 spiro atoms. The van der Waals surface area contributed by atoms with Gasteiger partial charge >= 0.3 is 0 Å². The SMILES string of the molecule is CCCNC(C)c1ccc(-c2cc(F)c(F)c(F)c2)o1. The monoisotopic (exact) mass is 283 g/mol. The van der Waals surface area contributed by atoms with E-state index < -0.39 is 17.5 Å². The van der Waals surface area contributed by atoms with Crippen molar-refractivity contribution < 1.29 is 17.6 Å². The molecule has 0 bridgehead atoms. The van der Waals surface area contributed by atoms with E-state index in [4.69, 9.17) is 4.42 Å². The molecule has 0 amide bonds. The topological polar surface area (TPSA) is 25.2 Å². The summed E-state index contributed by atoms with van der Waals surface area (Å²) in [5.41, 5.74) is 0.176. The Hall–Kier alpha value is -1.75. The van der Waals surface area contributed by atoms with Crippen LogP contribution in [0, 0.1) is 17.5 Å². The van der Waals surface area contributed by atoms with Crippen molar-refractivity contribution in [1.82, 2.24) is 5.32 Å². The van der Waals surface area contributed by atoms with E-state index in [1.54, 1.807) is 12.1 Å². The van der Waals surface area contributed by atoms with Gasteiger partial charge in [-0.3, -0.25) is 0 Å². The third-order valence-corrected chi connectivity index (χ3v) is 3.02. The Kier molecular flexibility index (Phi) is 4.49. The molecule has 0 aliphatic rings. The van der Waals surface area contributed by atoms with Crippen molar-refractivity contribution in [2.75, 3.05) is 6.54 Å². The normalized spacial score (nSPS) is 12.7. The molecule has 1 heterocycles. The standard InChI is InChI=1S/C15H16F3NO/c1-3-6-19-9(2)13-4-5-14(20-13)10-7-11(16)15(18)12(17)8-10/h4-5,7-9,19H,3,6H2,1-2H3. The summed E-state index contributed by atoms with van der Waals surface area (Å²) < 4.78 is 44.8. The van der Waals surface area contributed by atoms with Gasteiger partial charge in [-0.25, -0.2) is 13.2 Å². The molecule has 1 atom stereocenters. The lowest BCUT2D eigenvalue weighted by atomic mass is 10.1. The van der Waals surface area contributed by atoms with Crippen molar-refractivity contribution in [2.45, 2.75) is 26.3 Å². The lowest BCUT2D eigenvalue weighted by Crippen LogP contribution is -2.18. The highest BCUT2D eigenvalue weighted by Crippen LogP contribution is 2.27.